The largest absolute Gasteiger partial charge is 0.326 e. The first-order valence-corrected chi connectivity index (χ1v) is 7.41. The van der Waals surface area contributed by atoms with Crippen molar-refractivity contribution >= 4 is 11.6 Å². The van der Waals surface area contributed by atoms with Gasteiger partial charge in [0.05, 0.1) is 5.02 Å². The van der Waals surface area contributed by atoms with Gasteiger partial charge in [-0.1, -0.05) is 23.7 Å². The number of aromatic nitrogens is 1. The van der Waals surface area contributed by atoms with E-state index in [2.05, 4.69) is 10.3 Å². The number of pyridine rings is 1. The summed E-state index contributed by atoms with van der Waals surface area (Å²) in [6, 6.07) is 8.40. The normalized spacial score (nSPS) is 17.5. The van der Waals surface area contributed by atoms with Crippen LogP contribution in [0.15, 0.2) is 35.1 Å². The highest BCUT2D eigenvalue weighted by Gasteiger charge is 2.20. The number of aryl methyl sites for hydroxylation is 1. The molecule has 0 saturated carbocycles. The molecule has 1 unspecified atom stereocenters. The van der Waals surface area contributed by atoms with Crippen LogP contribution in [-0.4, -0.2) is 4.98 Å². The number of benzene rings is 1. The van der Waals surface area contributed by atoms with Gasteiger partial charge in [-0.15, -0.1) is 0 Å². The molecule has 0 radical (unpaired) electrons. The smallest absolute Gasteiger partial charge is 0.248 e. The second kappa shape index (κ2) is 6.00. The Kier molecular flexibility index (Phi) is 4.08. The predicted molar refractivity (Wildman–Crippen MR) is 81.0 cm³/mol. The van der Waals surface area contributed by atoms with Crippen LogP contribution in [0.5, 0.6) is 0 Å². The Labute approximate surface area is 127 Å². The molecule has 0 fully saturated rings. The summed E-state index contributed by atoms with van der Waals surface area (Å²) in [4.78, 5) is 14.3. The van der Waals surface area contributed by atoms with Gasteiger partial charge >= 0.3 is 0 Å². The van der Waals surface area contributed by atoms with Gasteiger partial charge in [0.15, 0.2) is 0 Å². The van der Waals surface area contributed by atoms with Crippen molar-refractivity contribution in [2.24, 2.45) is 0 Å². The molecule has 0 spiro atoms. The third-order valence-electron chi connectivity index (χ3n) is 3.87. The zero-order chi connectivity index (χ0) is 14.8. The molecule has 0 saturated heterocycles. The van der Waals surface area contributed by atoms with Gasteiger partial charge in [0, 0.05) is 24.3 Å². The van der Waals surface area contributed by atoms with Gasteiger partial charge in [-0.05, 0) is 42.5 Å². The molecule has 0 amide bonds. The SMILES string of the molecule is O=c1ccc2c([nH]1)CCCC2NCc1ccc(F)c(Cl)c1. The molecule has 1 aromatic carbocycles. The van der Waals surface area contributed by atoms with Crippen molar-refractivity contribution in [3.8, 4) is 0 Å². The summed E-state index contributed by atoms with van der Waals surface area (Å²) in [5.41, 5.74) is 3.05. The monoisotopic (exact) mass is 306 g/mol. The highest BCUT2D eigenvalue weighted by Crippen LogP contribution is 2.28. The summed E-state index contributed by atoms with van der Waals surface area (Å²) >= 11 is 5.79. The maximum absolute atomic E-state index is 13.1. The average molecular weight is 307 g/mol. The van der Waals surface area contributed by atoms with Gasteiger partial charge in [0.1, 0.15) is 5.82 Å². The fourth-order valence-corrected chi connectivity index (χ4v) is 3.01. The second-order valence-electron chi connectivity index (χ2n) is 5.33. The van der Waals surface area contributed by atoms with Crippen LogP contribution in [0.2, 0.25) is 5.02 Å². The molecule has 1 aliphatic rings. The fourth-order valence-electron chi connectivity index (χ4n) is 2.80. The van der Waals surface area contributed by atoms with Gasteiger partial charge in [0.25, 0.3) is 0 Å². The minimum Gasteiger partial charge on any atom is -0.326 e. The van der Waals surface area contributed by atoms with E-state index >= 15 is 0 Å². The number of fused-ring (bicyclic) bond motifs is 1. The Morgan fingerprint density at radius 2 is 2.19 bits per heavy atom. The second-order valence-corrected chi connectivity index (χ2v) is 5.74. The molecule has 0 bridgehead atoms. The van der Waals surface area contributed by atoms with Gasteiger partial charge in [-0.25, -0.2) is 4.39 Å². The van der Waals surface area contributed by atoms with Gasteiger partial charge in [-0.2, -0.15) is 0 Å². The van der Waals surface area contributed by atoms with Crippen molar-refractivity contribution < 1.29 is 4.39 Å². The molecule has 1 heterocycles. The molecule has 0 aliphatic heterocycles. The van der Waals surface area contributed by atoms with Gasteiger partial charge in [-0.3, -0.25) is 4.79 Å². The summed E-state index contributed by atoms with van der Waals surface area (Å²) in [6.07, 6.45) is 2.97. The Hall–Kier alpha value is -1.65. The number of aromatic amines is 1. The summed E-state index contributed by atoms with van der Waals surface area (Å²) in [5, 5.41) is 3.60. The van der Waals surface area contributed by atoms with Crippen LogP contribution in [0.1, 0.15) is 35.7 Å². The summed E-state index contributed by atoms with van der Waals surface area (Å²) < 4.78 is 13.1. The first-order valence-electron chi connectivity index (χ1n) is 7.03. The Bertz CT molecular complexity index is 714. The molecule has 3 nitrogen and oxygen atoms in total. The lowest BCUT2D eigenvalue weighted by atomic mass is 9.91. The highest BCUT2D eigenvalue weighted by molar-refractivity contribution is 6.30. The van der Waals surface area contributed by atoms with E-state index in [1.807, 2.05) is 6.07 Å². The Balaban J connectivity index is 1.74. The van der Waals surface area contributed by atoms with E-state index in [9.17, 15) is 9.18 Å². The van der Waals surface area contributed by atoms with E-state index in [-0.39, 0.29) is 16.6 Å². The van der Waals surface area contributed by atoms with E-state index in [0.717, 1.165) is 36.1 Å². The Morgan fingerprint density at radius 1 is 1.33 bits per heavy atom. The van der Waals surface area contributed by atoms with Crippen molar-refractivity contribution in [3.63, 3.8) is 0 Å². The van der Waals surface area contributed by atoms with Crippen molar-refractivity contribution in [2.45, 2.75) is 31.8 Å². The Morgan fingerprint density at radius 3 is 3.00 bits per heavy atom. The van der Waals surface area contributed by atoms with Crippen molar-refractivity contribution in [1.82, 2.24) is 10.3 Å². The van der Waals surface area contributed by atoms with Gasteiger partial charge < -0.3 is 10.3 Å². The topological polar surface area (TPSA) is 44.9 Å². The molecule has 21 heavy (non-hydrogen) atoms. The van der Waals surface area contributed by atoms with Crippen molar-refractivity contribution in [2.75, 3.05) is 0 Å². The molecule has 2 aromatic rings. The van der Waals surface area contributed by atoms with Crippen LogP contribution in [-0.2, 0) is 13.0 Å². The van der Waals surface area contributed by atoms with Crippen LogP contribution < -0.4 is 10.9 Å². The van der Waals surface area contributed by atoms with Crippen LogP contribution in [0.25, 0.3) is 0 Å². The molecular weight excluding hydrogens is 291 g/mol. The molecule has 3 rings (SSSR count). The third-order valence-corrected chi connectivity index (χ3v) is 4.16. The number of hydrogen-bond donors (Lipinski definition) is 2. The summed E-state index contributed by atoms with van der Waals surface area (Å²) in [6.45, 7) is 0.614. The summed E-state index contributed by atoms with van der Waals surface area (Å²) in [5.74, 6) is -0.402. The van der Waals surface area contributed by atoms with Crippen LogP contribution in [0.4, 0.5) is 4.39 Å². The first kappa shape index (κ1) is 14.3. The molecule has 1 aliphatic carbocycles. The number of halogens is 2. The zero-order valence-corrected chi connectivity index (χ0v) is 12.2. The molecule has 110 valence electrons. The minimum absolute atomic E-state index is 0.0558. The van der Waals surface area contributed by atoms with E-state index in [0.29, 0.717) is 6.54 Å². The van der Waals surface area contributed by atoms with E-state index in [4.69, 9.17) is 11.6 Å². The average Bonchev–Trinajstić information content (AvgIpc) is 2.48. The van der Waals surface area contributed by atoms with E-state index in [1.54, 1.807) is 18.2 Å². The van der Waals surface area contributed by atoms with E-state index < -0.39 is 5.82 Å². The fraction of sp³-hybridized carbons (Fsp3) is 0.312. The standard InChI is InChI=1S/C16H16ClFN2O/c17-12-8-10(4-6-13(12)18)9-19-14-2-1-3-15-11(14)5-7-16(21)20-15/h4-8,14,19H,1-3,9H2,(H,20,21). The number of nitrogens with one attached hydrogen (secondary N) is 2. The van der Waals surface area contributed by atoms with E-state index in [1.165, 1.54) is 6.07 Å². The first-order chi connectivity index (χ1) is 10.1. The van der Waals surface area contributed by atoms with Gasteiger partial charge in [0.2, 0.25) is 5.56 Å². The van der Waals surface area contributed by atoms with Crippen molar-refractivity contribution in [1.29, 1.82) is 0 Å². The number of hydrogen-bond acceptors (Lipinski definition) is 2. The molecule has 1 aromatic heterocycles. The molecule has 2 N–H and O–H groups in total. The van der Waals surface area contributed by atoms with Crippen LogP contribution >= 0.6 is 11.6 Å². The van der Waals surface area contributed by atoms with Crippen molar-refractivity contribution in [3.05, 3.63) is 68.3 Å². The zero-order valence-electron chi connectivity index (χ0n) is 11.5. The van der Waals surface area contributed by atoms with Crippen LogP contribution in [0.3, 0.4) is 0 Å². The lowest BCUT2D eigenvalue weighted by molar-refractivity contribution is 0.453. The summed E-state index contributed by atoms with van der Waals surface area (Å²) in [7, 11) is 0. The molecule has 5 heteroatoms. The predicted octanol–water partition coefficient (Wildman–Crippen LogP) is 3.33. The molecular formula is C16H16ClFN2O. The highest BCUT2D eigenvalue weighted by atomic mass is 35.5. The lowest BCUT2D eigenvalue weighted by Crippen LogP contribution is -2.27. The molecule has 1 atom stereocenters. The number of rotatable bonds is 3. The number of H-pyrrole nitrogens is 1. The minimum atomic E-state index is -0.402. The quantitative estimate of drug-likeness (QED) is 0.913. The lowest BCUT2D eigenvalue weighted by Gasteiger charge is -2.26. The third kappa shape index (κ3) is 3.17. The maximum atomic E-state index is 13.1. The van der Waals surface area contributed by atoms with Crippen LogP contribution in [0, 0.1) is 5.82 Å². The maximum Gasteiger partial charge on any atom is 0.248 e.